The Morgan fingerprint density at radius 2 is 2.31 bits per heavy atom. The highest BCUT2D eigenvalue weighted by molar-refractivity contribution is 6.32. The Morgan fingerprint density at radius 1 is 1.62 bits per heavy atom. The van der Waals surface area contributed by atoms with E-state index in [9.17, 15) is 9.90 Å². The zero-order chi connectivity index (χ0) is 12.1. The number of aromatic hydroxyl groups is 1. The number of halogens is 1. The Morgan fingerprint density at radius 3 is 2.81 bits per heavy atom. The van der Waals surface area contributed by atoms with Crippen molar-refractivity contribution in [2.75, 3.05) is 6.61 Å². The van der Waals surface area contributed by atoms with Crippen LogP contribution in [0.1, 0.15) is 18.1 Å². The van der Waals surface area contributed by atoms with Crippen LogP contribution in [0.4, 0.5) is 0 Å². The van der Waals surface area contributed by atoms with Crippen molar-refractivity contribution in [2.24, 2.45) is 0 Å². The van der Waals surface area contributed by atoms with Crippen molar-refractivity contribution in [3.63, 3.8) is 0 Å². The van der Waals surface area contributed by atoms with Crippen LogP contribution < -0.4 is 0 Å². The van der Waals surface area contributed by atoms with Gasteiger partial charge in [-0.25, -0.2) is 0 Å². The Kier molecular flexibility index (Phi) is 4.15. The van der Waals surface area contributed by atoms with Crippen LogP contribution in [0.15, 0.2) is 12.1 Å². The molecule has 16 heavy (non-hydrogen) atoms. The fourth-order valence-corrected chi connectivity index (χ4v) is 1.52. The third kappa shape index (κ3) is 2.88. The number of ether oxygens (including phenoxy) is 1. The van der Waals surface area contributed by atoms with Crippen molar-refractivity contribution >= 4 is 17.6 Å². The Balaban J connectivity index is 2.93. The zero-order valence-corrected chi connectivity index (χ0v) is 9.41. The van der Waals surface area contributed by atoms with Crippen LogP contribution in [0.3, 0.4) is 0 Å². The molecule has 4 nitrogen and oxygen atoms in total. The standard InChI is InChI=1S/C11H10ClNO3/c1-2-16-11(15)5-7-3-9(12)8(6-13)10(14)4-7/h3-4,14H,2,5H2,1H3. The SMILES string of the molecule is CCOC(=O)Cc1cc(O)c(C#N)c(Cl)c1. The average Bonchev–Trinajstić information content (AvgIpc) is 2.17. The summed E-state index contributed by atoms with van der Waals surface area (Å²) in [5.74, 6) is -0.628. The van der Waals surface area contributed by atoms with Gasteiger partial charge in [0.05, 0.1) is 18.1 Å². The molecule has 5 heteroatoms. The molecule has 0 saturated heterocycles. The minimum absolute atomic E-state index is 0.00859. The molecule has 0 unspecified atom stereocenters. The predicted molar refractivity (Wildman–Crippen MR) is 58.2 cm³/mol. The van der Waals surface area contributed by atoms with E-state index in [1.165, 1.54) is 12.1 Å². The van der Waals surface area contributed by atoms with E-state index in [-0.39, 0.29) is 22.8 Å². The van der Waals surface area contributed by atoms with Crippen molar-refractivity contribution in [3.05, 3.63) is 28.3 Å². The summed E-state index contributed by atoms with van der Waals surface area (Å²) in [7, 11) is 0. The molecule has 84 valence electrons. The lowest BCUT2D eigenvalue weighted by Crippen LogP contribution is -2.07. The molecule has 0 aliphatic heterocycles. The molecular formula is C11H10ClNO3. The molecule has 0 bridgehead atoms. The molecule has 1 N–H and O–H groups in total. The second kappa shape index (κ2) is 5.38. The number of carbonyl (C=O) groups is 1. The summed E-state index contributed by atoms with van der Waals surface area (Å²) in [4.78, 5) is 11.2. The molecule has 0 radical (unpaired) electrons. The van der Waals surface area contributed by atoms with Gasteiger partial charge in [0, 0.05) is 0 Å². The molecule has 0 aliphatic carbocycles. The number of rotatable bonds is 3. The van der Waals surface area contributed by atoms with E-state index in [0.29, 0.717) is 12.2 Å². The maximum atomic E-state index is 11.2. The van der Waals surface area contributed by atoms with Crippen LogP contribution in [0.5, 0.6) is 5.75 Å². The predicted octanol–water partition coefficient (Wildman–Crippen LogP) is 2.02. The highest BCUT2D eigenvalue weighted by atomic mass is 35.5. The first-order valence-corrected chi connectivity index (χ1v) is 5.03. The van der Waals surface area contributed by atoms with Crippen molar-refractivity contribution in [2.45, 2.75) is 13.3 Å². The van der Waals surface area contributed by atoms with E-state index in [4.69, 9.17) is 21.6 Å². The van der Waals surface area contributed by atoms with E-state index >= 15 is 0 Å². The summed E-state index contributed by atoms with van der Waals surface area (Å²) in [6.45, 7) is 2.01. The highest BCUT2D eigenvalue weighted by Crippen LogP contribution is 2.27. The Labute approximate surface area is 98.0 Å². The lowest BCUT2D eigenvalue weighted by atomic mass is 10.1. The number of benzene rings is 1. The molecule has 0 atom stereocenters. The van der Waals surface area contributed by atoms with Gasteiger partial charge in [-0.1, -0.05) is 11.6 Å². The minimum atomic E-state index is -0.400. The monoisotopic (exact) mass is 239 g/mol. The van der Waals surface area contributed by atoms with Gasteiger partial charge in [-0.15, -0.1) is 0 Å². The number of hydrogen-bond donors (Lipinski definition) is 1. The van der Waals surface area contributed by atoms with Gasteiger partial charge in [-0.2, -0.15) is 5.26 Å². The van der Waals surface area contributed by atoms with Gasteiger partial charge in [-0.3, -0.25) is 4.79 Å². The number of nitrogens with zero attached hydrogens (tertiary/aromatic N) is 1. The number of hydrogen-bond acceptors (Lipinski definition) is 4. The van der Waals surface area contributed by atoms with E-state index in [2.05, 4.69) is 0 Å². The lowest BCUT2D eigenvalue weighted by Gasteiger charge is -2.05. The van der Waals surface area contributed by atoms with Crippen LogP contribution in [0.25, 0.3) is 0 Å². The Bertz CT molecular complexity index is 428. The van der Waals surface area contributed by atoms with Crippen molar-refractivity contribution in [1.82, 2.24) is 0 Å². The van der Waals surface area contributed by atoms with Gasteiger partial charge in [0.25, 0.3) is 0 Å². The largest absolute Gasteiger partial charge is 0.507 e. The molecule has 1 aromatic carbocycles. The molecule has 0 fully saturated rings. The summed E-state index contributed by atoms with van der Waals surface area (Å²) < 4.78 is 4.75. The van der Waals surface area contributed by atoms with Crippen LogP contribution in [-0.2, 0) is 16.0 Å². The maximum absolute atomic E-state index is 11.2. The summed E-state index contributed by atoms with van der Waals surface area (Å²) in [5.41, 5.74) is 0.522. The molecule has 0 aromatic heterocycles. The zero-order valence-electron chi connectivity index (χ0n) is 8.66. The summed E-state index contributed by atoms with van der Waals surface area (Å²) in [6.07, 6.45) is 0.0207. The van der Waals surface area contributed by atoms with Gasteiger partial charge >= 0.3 is 5.97 Å². The van der Waals surface area contributed by atoms with Gasteiger partial charge in [0.15, 0.2) is 0 Å². The molecule has 0 heterocycles. The number of carbonyl (C=O) groups excluding carboxylic acids is 1. The summed E-state index contributed by atoms with van der Waals surface area (Å²) >= 11 is 5.76. The van der Waals surface area contributed by atoms with Crippen LogP contribution in [0, 0.1) is 11.3 Å². The Hall–Kier alpha value is -1.73. The molecule has 0 saturated carbocycles. The van der Waals surface area contributed by atoms with Gasteiger partial charge in [0.1, 0.15) is 17.4 Å². The fraction of sp³-hybridized carbons (Fsp3) is 0.273. The fourth-order valence-electron chi connectivity index (χ4n) is 1.24. The molecule has 1 aromatic rings. The van der Waals surface area contributed by atoms with E-state index in [0.717, 1.165) is 0 Å². The molecule has 1 rings (SSSR count). The second-order valence-corrected chi connectivity index (χ2v) is 3.47. The van der Waals surface area contributed by atoms with Crippen LogP contribution in [-0.4, -0.2) is 17.7 Å². The smallest absolute Gasteiger partial charge is 0.310 e. The van der Waals surface area contributed by atoms with Crippen molar-refractivity contribution in [3.8, 4) is 11.8 Å². The quantitative estimate of drug-likeness (QED) is 0.820. The topological polar surface area (TPSA) is 70.3 Å². The van der Waals surface area contributed by atoms with Crippen LogP contribution in [0.2, 0.25) is 5.02 Å². The maximum Gasteiger partial charge on any atom is 0.310 e. The highest BCUT2D eigenvalue weighted by Gasteiger charge is 2.11. The first-order valence-electron chi connectivity index (χ1n) is 4.65. The average molecular weight is 240 g/mol. The second-order valence-electron chi connectivity index (χ2n) is 3.07. The van der Waals surface area contributed by atoms with Gasteiger partial charge in [0.2, 0.25) is 0 Å². The minimum Gasteiger partial charge on any atom is -0.507 e. The number of phenols is 1. The number of esters is 1. The summed E-state index contributed by atoms with van der Waals surface area (Å²) in [5, 5.41) is 18.3. The van der Waals surface area contributed by atoms with Crippen molar-refractivity contribution < 1.29 is 14.6 Å². The van der Waals surface area contributed by atoms with E-state index < -0.39 is 5.97 Å². The molecule has 0 amide bonds. The third-order valence-corrected chi connectivity index (χ3v) is 2.19. The summed E-state index contributed by atoms with van der Waals surface area (Å²) in [6, 6.07) is 4.57. The van der Waals surface area contributed by atoms with Gasteiger partial charge < -0.3 is 9.84 Å². The van der Waals surface area contributed by atoms with E-state index in [1.807, 2.05) is 0 Å². The molecular weight excluding hydrogens is 230 g/mol. The van der Waals surface area contributed by atoms with Crippen LogP contribution >= 0.6 is 11.6 Å². The van der Waals surface area contributed by atoms with Crippen molar-refractivity contribution in [1.29, 1.82) is 5.26 Å². The molecule has 0 aliphatic rings. The normalized spacial score (nSPS) is 9.56. The molecule has 0 spiro atoms. The number of phenolic OH excluding ortho intramolecular Hbond substituents is 1. The first kappa shape index (κ1) is 12.3. The third-order valence-electron chi connectivity index (χ3n) is 1.89. The van der Waals surface area contributed by atoms with Gasteiger partial charge in [-0.05, 0) is 24.6 Å². The lowest BCUT2D eigenvalue weighted by molar-refractivity contribution is -0.142. The first-order chi connectivity index (χ1) is 7.58. The van der Waals surface area contributed by atoms with E-state index in [1.54, 1.807) is 13.0 Å². The number of nitriles is 1.